The van der Waals surface area contributed by atoms with Crippen LogP contribution in [0.5, 0.6) is 0 Å². The van der Waals surface area contributed by atoms with Crippen molar-refractivity contribution in [1.29, 1.82) is 0 Å². The van der Waals surface area contributed by atoms with Crippen LogP contribution in [-0.2, 0) is 11.2 Å². The van der Waals surface area contributed by atoms with Crippen molar-refractivity contribution < 1.29 is 4.79 Å². The van der Waals surface area contributed by atoms with Gasteiger partial charge >= 0.3 is 0 Å². The van der Waals surface area contributed by atoms with Crippen molar-refractivity contribution in [2.45, 2.75) is 47.1 Å². The summed E-state index contributed by atoms with van der Waals surface area (Å²) in [5.41, 5.74) is 3.55. The van der Waals surface area contributed by atoms with Crippen LogP contribution in [0.3, 0.4) is 0 Å². The second kappa shape index (κ2) is 5.85. The Morgan fingerprint density at radius 2 is 1.88 bits per heavy atom. The molecule has 1 aromatic rings. The SMILES string of the molecule is Cc1ccc(CC(=O)N[C@H](C)C(C)C)c(C)c1. The summed E-state index contributed by atoms with van der Waals surface area (Å²) in [6.45, 7) is 10.4. The van der Waals surface area contributed by atoms with Gasteiger partial charge in [-0.25, -0.2) is 0 Å². The van der Waals surface area contributed by atoms with Gasteiger partial charge < -0.3 is 5.32 Å². The summed E-state index contributed by atoms with van der Waals surface area (Å²) < 4.78 is 0. The van der Waals surface area contributed by atoms with Crippen LogP contribution in [0.15, 0.2) is 18.2 Å². The fourth-order valence-corrected chi connectivity index (χ4v) is 1.69. The quantitative estimate of drug-likeness (QED) is 0.851. The van der Waals surface area contributed by atoms with Crippen molar-refractivity contribution in [3.05, 3.63) is 34.9 Å². The normalized spacial score (nSPS) is 12.6. The zero-order valence-electron chi connectivity index (χ0n) is 11.5. The molecule has 1 aromatic carbocycles. The van der Waals surface area contributed by atoms with Gasteiger partial charge in [0.1, 0.15) is 0 Å². The minimum atomic E-state index is 0.109. The van der Waals surface area contributed by atoms with Gasteiger partial charge in [0.2, 0.25) is 5.91 Å². The van der Waals surface area contributed by atoms with Crippen molar-refractivity contribution in [1.82, 2.24) is 5.32 Å². The van der Waals surface area contributed by atoms with Gasteiger partial charge in [0.05, 0.1) is 6.42 Å². The molecule has 94 valence electrons. The molecular formula is C15H23NO. The monoisotopic (exact) mass is 233 g/mol. The number of carbonyl (C=O) groups excluding carboxylic acids is 1. The molecule has 1 amide bonds. The van der Waals surface area contributed by atoms with Crippen LogP contribution in [-0.4, -0.2) is 11.9 Å². The molecular weight excluding hydrogens is 210 g/mol. The molecule has 0 aromatic heterocycles. The first-order valence-corrected chi connectivity index (χ1v) is 6.25. The molecule has 0 radical (unpaired) electrons. The lowest BCUT2D eigenvalue weighted by molar-refractivity contribution is -0.121. The molecule has 2 heteroatoms. The number of amides is 1. The van der Waals surface area contributed by atoms with E-state index < -0.39 is 0 Å². The Morgan fingerprint density at radius 3 is 2.41 bits per heavy atom. The Balaban J connectivity index is 2.62. The summed E-state index contributed by atoms with van der Waals surface area (Å²) in [5.74, 6) is 0.580. The molecule has 1 atom stereocenters. The third-order valence-electron chi connectivity index (χ3n) is 3.24. The van der Waals surface area contributed by atoms with Crippen LogP contribution in [0.2, 0.25) is 0 Å². The smallest absolute Gasteiger partial charge is 0.224 e. The Kier molecular flexibility index (Phi) is 4.73. The largest absolute Gasteiger partial charge is 0.353 e. The van der Waals surface area contributed by atoms with E-state index in [0.717, 1.165) is 5.56 Å². The van der Waals surface area contributed by atoms with Gasteiger partial charge in [-0.05, 0) is 37.8 Å². The highest BCUT2D eigenvalue weighted by Gasteiger charge is 2.11. The number of benzene rings is 1. The first-order valence-electron chi connectivity index (χ1n) is 6.25. The maximum absolute atomic E-state index is 11.9. The second-order valence-electron chi connectivity index (χ2n) is 5.21. The van der Waals surface area contributed by atoms with Gasteiger partial charge in [0.15, 0.2) is 0 Å². The van der Waals surface area contributed by atoms with Crippen molar-refractivity contribution in [3.8, 4) is 0 Å². The predicted molar refractivity (Wildman–Crippen MR) is 72.1 cm³/mol. The van der Waals surface area contributed by atoms with Gasteiger partial charge in [-0.15, -0.1) is 0 Å². The third-order valence-corrected chi connectivity index (χ3v) is 3.24. The van der Waals surface area contributed by atoms with Crippen molar-refractivity contribution in [2.24, 2.45) is 5.92 Å². The Bertz CT molecular complexity index is 396. The van der Waals surface area contributed by atoms with E-state index in [1.807, 2.05) is 13.0 Å². The molecule has 1 rings (SSSR count). The Labute approximate surface area is 104 Å². The Morgan fingerprint density at radius 1 is 1.24 bits per heavy atom. The zero-order valence-corrected chi connectivity index (χ0v) is 11.5. The molecule has 0 fully saturated rings. The number of hydrogen-bond acceptors (Lipinski definition) is 1. The summed E-state index contributed by atoms with van der Waals surface area (Å²) in [5, 5.41) is 3.03. The molecule has 0 heterocycles. The minimum absolute atomic E-state index is 0.109. The van der Waals surface area contributed by atoms with E-state index in [2.05, 4.69) is 45.1 Å². The van der Waals surface area contributed by atoms with E-state index in [9.17, 15) is 4.79 Å². The third kappa shape index (κ3) is 4.22. The lowest BCUT2D eigenvalue weighted by Crippen LogP contribution is -2.37. The highest BCUT2D eigenvalue weighted by Crippen LogP contribution is 2.11. The zero-order chi connectivity index (χ0) is 13.0. The fourth-order valence-electron chi connectivity index (χ4n) is 1.69. The van der Waals surface area contributed by atoms with Gasteiger partial charge in [-0.1, -0.05) is 37.6 Å². The fraction of sp³-hybridized carbons (Fsp3) is 0.533. The average molecular weight is 233 g/mol. The molecule has 0 saturated heterocycles. The molecule has 0 aliphatic heterocycles. The van der Waals surface area contributed by atoms with E-state index in [-0.39, 0.29) is 11.9 Å². The summed E-state index contributed by atoms with van der Waals surface area (Å²) in [4.78, 5) is 11.9. The van der Waals surface area contributed by atoms with E-state index in [1.165, 1.54) is 11.1 Å². The number of aryl methyl sites for hydroxylation is 2. The predicted octanol–water partition coefficient (Wildman–Crippen LogP) is 3.01. The van der Waals surface area contributed by atoms with Crippen LogP contribution < -0.4 is 5.32 Å². The lowest BCUT2D eigenvalue weighted by atomic mass is 10.0. The summed E-state index contributed by atoms with van der Waals surface area (Å²) in [6, 6.07) is 6.45. The number of hydrogen-bond donors (Lipinski definition) is 1. The summed E-state index contributed by atoms with van der Waals surface area (Å²) >= 11 is 0. The Hall–Kier alpha value is -1.31. The van der Waals surface area contributed by atoms with Gasteiger partial charge in [0.25, 0.3) is 0 Å². The maximum atomic E-state index is 11.9. The summed E-state index contributed by atoms with van der Waals surface area (Å²) in [7, 11) is 0. The average Bonchev–Trinajstić information content (AvgIpc) is 2.22. The van der Waals surface area contributed by atoms with Crippen molar-refractivity contribution in [2.75, 3.05) is 0 Å². The van der Waals surface area contributed by atoms with Crippen LogP contribution in [0.1, 0.15) is 37.5 Å². The number of carbonyl (C=O) groups is 1. The number of rotatable bonds is 4. The van der Waals surface area contributed by atoms with E-state index >= 15 is 0 Å². The molecule has 17 heavy (non-hydrogen) atoms. The highest BCUT2D eigenvalue weighted by atomic mass is 16.1. The van der Waals surface area contributed by atoms with Gasteiger partial charge in [-0.2, -0.15) is 0 Å². The first kappa shape index (κ1) is 13.8. The van der Waals surface area contributed by atoms with E-state index in [1.54, 1.807) is 0 Å². The summed E-state index contributed by atoms with van der Waals surface area (Å²) in [6.07, 6.45) is 0.475. The van der Waals surface area contributed by atoms with Crippen molar-refractivity contribution >= 4 is 5.91 Å². The molecule has 1 N–H and O–H groups in total. The lowest BCUT2D eigenvalue weighted by Gasteiger charge is -2.17. The molecule has 2 nitrogen and oxygen atoms in total. The molecule has 0 aliphatic rings. The molecule has 0 unspecified atom stereocenters. The van der Waals surface area contributed by atoms with Crippen LogP contribution in [0.25, 0.3) is 0 Å². The minimum Gasteiger partial charge on any atom is -0.353 e. The molecule has 0 spiro atoms. The van der Waals surface area contributed by atoms with Gasteiger partial charge in [-0.3, -0.25) is 4.79 Å². The maximum Gasteiger partial charge on any atom is 0.224 e. The van der Waals surface area contributed by atoms with Gasteiger partial charge in [0, 0.05) is 6.04 Å². The van der Waals surface area contributed by atoms with Crippen LogP contribution >= 0.6 is 0 Å². The highest BCUT2D eigenvalue weighted by molar-refractivity contribution is 5.79. The van der Waals surface area contributed by atoms with Crippen LogP contribution in [0, 0.1) is 19.8 Å². The number of nitrogens with one attached hydrogen (secondary N) is 1. The van der Waals surface area contributed by atoms with E-state index in [4.69, 9.17) is 0 Å². The topological polar surface area (TPSA) is 29.1 Å². The molecule has 0 aliphatic carbocycles. The first-order chi connectivity index (χ1) is 7.90. The molecule has 0 bridgehead atoms. The molecule has 0 saturated carbocycles. The van der Waals surface area contributed by atoms with E-state index in [0.29, 0.717) is 12.3 Å². The second-order valence-corrected chi connectivity index (χ2v) is 5.21. The van der Waals surface area contributed by atoms with Crippen molar-refractivity contribution in [3.63, 3.8) is 0 Å². The van der Waals surface area contributed by atoms with Crippen LogP contribution in [0.4, 0.5) is 0 Å². The standard InChI is InChI=1S/C15H23NO/c1-10(2)13(5)16-15(17)9-14-7-6-11(3)8-12(14)4/h6-8,10,13H,9H2,1-5H3,(H,16,17)/t13-/m1/s1.